The van der Waals surface area contributed by atoms with E-state index in [1.807, 2.05) is 24.3 Å². The lowest BCUT2D eigenvalue weighted by Gasteiger charge is -2.15. The van der Waals surface area contributed by atoms with Gasteiger partial charge in [0.1, 0.15) is 17.5 Å². The van der Waals surface area contributed by atoms with Crippen molar-refractivity contribution < 1.29 is 14.6 Å². The molecular weight excluding hydrogens is 473 g/mol. The van der Waals surface area contributed by atoms with Crippen LogP contribution in [0.25, 0.3) is 11.2 Å². The van der Waals surface area contributed by atoms with Crippen molar-refractivity contribution in [3.05, 3.63) is 63.7 Å². The van der Waals surface area contributed by atoms with Gasteiger partial charge in [0.25, 0.3) is 0 Å². The maximum Gasteiger partial charge on any atom is 0.188 e. The highest BCUT2D eigenvalue weighted by Gasteiger charge is 2.26. The number of hydrogen-bond donors (Lipinski definition) is 1. The Labute approximate surface area is 199 Å². The molecule has 0 saturated heterocycles. The van der Waals surface area contributed by atoms with Crippen LogP contribution in [-0.4, -0.2) is 49.1 Å². The van der Waals surface area contributed by atoms with E-state index in [4.69, 9.17) is 32.7 Å². The quantitative estimate of drug-likeness (QED) is 0.281. The molecule has 0 aliphatic rings. The van der Waals surface area contributed by atoms with Gasteiger partial charge < -0.3 is 14.6 Å². The van der Waals surface area contributed by atoms with Crippen molar-refractivity contribution in [1.29, 1.82) is 0 Å². The van der Waals surface area contributed by atoms with Gasteiger partial charge in [0.05, 0.1) is 38.8 Å². The molecule has 32 heavy (non-hydrogen) atoms. The first-order valence-electron chi connectivity index (χ1n) is 9.76. The molecule has 1 atom stereocenters. The number of aromatic nitrogens is 5. The molecule has 168 valence electrons. The Bertz CT molecular complexity index is 1260. The molecule has 1 N–H and O–H groups in total. The third-order valence-corrected chi connectivity index (χ3v) is 6.31. The molecule has 11 heteroatoms. The first kappa shape index (κ1) is 22.9. The Morgan fingerprint density at radius 1 is 1.19 bits per heavy atom. The Morgan fingerprint density at radius 2 is 2.00 bits per heavy atom. The summed E-state index contributed by atoms with van der Waals surface area (Å²) in [6.07, 6.45) is 0.647. The second-order valence-electron chi connectivity index (χ2n) is 6.84. The fourth-order valence-corrected chi connectivity index (χ4v) is 4.57. The summed E-state index contributed by atoms with van der Waals surface area (Å²) >= 11 is 14.4. The maximum atomic E-state index is 11.3. The van der Waals surface area contributed by atoms with Gasteiger partial charge in [0, 0.05) is 7.11 Å². The minimum Gasteiger partial charge on any atom is -0.466 e. The number of ether oxygens (including phenoxy) is 2. The van der Waals surface area contributed by atoms with Crippen molar-refractivity contribution in [2.45, 2.75) is 25.1 Å². The number of nitrogens with zero attached hydrogens (tertiary/aromatic N) is 5. The van der Waals surface area contributed by atoms with Gasteiger partial charge in [-0.3, -0.25) is 4.40 Å². The summed E-state index contributed by atoms with van der Waals surface area (Å²) in [6.45, 7) is 3.96. The lowest BCUT2D eigenvalue weighted by molar-refractivity contribution is 0.0512. The molecule has 0 aliphatic heterocycles. The van der Waals surface area contributed by atoms with Crippen LogP contribution < -0.4 is 4.74 Å². The number of thioether (sulfide) groups is 1. The highest BCUT2D eigenvalue weighted by atomic mass is 35.5. The molecule has 3 heterocycles. The fraction of sp³-hybridized carbons (Fsp3) is 0.286. The van der Waals surface area contributed by atoms with E-state index in [9.17, 15) is 5.11 Å². The third-order valence-electron chi connectivity index (χ3n) is 4.86. The molecule has 0 amide bonds. The second-order valence-corrected chi connectivity index (χ2v) is 8.89. The van der Waals surface area contributed by atoms with E-state index >= 15 is 0 Å². The molecule has 0 aliphatic carbocycles. The summed E-state index contributed by atoms with van der Waals surface area (Å²) in [5.74, 6) is 1.33. The fourth-order valence-electron chi connectivity index (χ4n) is 3.37. The van der Waals surface area contributed by atoms with Crippen molar-refractivity contribution in [3.63, 3.8) is 0 Å². The highest BCUT2D eigenvalue weighted by molar-refractivity contribution is 7.99. The van der Waals surface area contributed by atoms with Gasteiger partial charge in [-0.2, -0.15) is 0 Å². The first-order valence-corrected chi connectivity index (χ1v) is 11.5. The summed E-state index contributed by atoms with van der Waals surface area (Å²) < 4.78 is 13.8. The molecular formula is C21H21Cl2N5O3S. The van der Waals surface area contributed by atoms with Crippen LogP contribution in [0.5, 0.6) is 5.75 Å². The van der Waals surface area contributed by atoms with E-state index in [1.165, 1.54) is 7.11 Å². The molecule has 0 fully saturated rings. The van der Waals surface area contributed by atoms with Crippen LogP contribution in [0, 0.1) is 6.92 Å². The molecule has 0 bridgehead atoms. The zero-order valence-electron chi connectivity index (χ0n) is 17.6. The summed E-state index contributed by atoms with van der Waals surface area (Å²) in [5, 5.41) is 21.4. The van der Waals surface area contributed by atoms with Gasteiger partial charge in [-0.25, -0.2) is 9.67 Å². The monoisotopic (exact) mass is 493 g/mol. The van der Waals surface area contributed by atoms with Gasteiger partial charge in [-0.15, -0.1) is 5.10 Å². The number of aliphatic hydroxyl groups is 1. The molecule has 4 rings (SSSR count). The van der Waals surface area contributed by atoms with Gasteiger partial charge >= 0.3 is 0 Å². The van der Waals surface area contributed by atoms with Crippen LogP contribution in [0.1, 0.15) is 30.1 Å². The Balaban J connectivity index is 1.74. The number of methoxy groups -OCH3 is 1. The molecule has 3 aromatic heterocycles. The average Bonchev–Trinajstić information content (AvgIpc) is 3.36. The van der Waals surface area contributed by atoms with Crippen LogP contribution in [-0.2, 0) is 4.74 Å². The third kappa shape index (κ3) is 4.18. The number of rotatable bonds is 8. The number of imidazole rings is 1. The predicted octanol–water partition coefficient (Wildman–Crippen LogP) is 4.71. The number of fused-ring (bicyclic) bond motifs is 1. The largest absolute Gasteiger partial charge is 0.466 e. The Hall–Kier alpha value is -2.30. The summed E-state index contributed by atoms with van der Waals surface area (Å²) in [6, 6.07) is 8.85. The number of pyridine rings is 1. The summed E-state index contributed by atoms with van der Waals surface area (Å²) in [5.41, 5.74) is 3.04. The van der Waals surface area contributed by atoms with E-state index in [0.29, 0.717) is 38.6 Å². The maximum absolute atomic E-state index is 11.3. The van der Waals surface area contributed by atoms with E-state index < -0.39 is 6.10 Å². The summed E-state index contributed by atoms with van der Waals surface area (Å²) in [4.78, 5) is 4.46. The van der Waals surface area contributed by atoms with Gasteiger partial charge in [-0.05, 0) is 43.0 Å². The van der Waals surface area contributed by atoms with Crippen LogP contribution >= 0.6 is 35.0 Å². The van der Waals surface area contributed by atoms with Crippen molar-refractivity contribution >= 4 is 40.5 Å². The minimum atomic E-state index is -1.11. The molecule has 4 aromatic rings. The van der Waals surface area contributed by atoms with Gasteiger partial charge in [0.2, 0.25) is 0 Å². The molecule has 1 unspecified atom stereocenters. The lowest BCUT2D eigenvalue weighted by atomic mass is 10.1. The van der Waals surface area contributed by atoms with E-state index in [0.717, 1.165) is 16.4 Å². The number of benzene rings is 1. The topological polar surface area (TPSA) is 86.7 Å². The van der Waals surface area contributed by atoms with Crippen molar-refractivity contribution in [2.24, 2.45) is 0 Å². The zero-order valence-corrected chi connectivity index (χ0v) is 19.9. The Kier molecular flexibility index (Phi) is 6.92. The van der Waals surface area contributed by atoms with E-state index in [1.54, 1.807) is 46.9 Å². The normalized spacial score (nSPS) is 12.4. The predicted molar refractivity (Wildman–Crippen MR) is 124 cm³/mol. The molecule has 0 saturated carbocycles. The van der Waals surface area contributed by atoms with Crippen molar-refractivity contribution in [2.75, 3.05) is 19.7 Å². The number of aliphatic hydroxyl groups excluding tert-OH is 1. The zero-order chi connectivity index (χ0) is 22.8. The molecule has 1 aromatic carbocycles. The minimum absolute atomic E-state index is 0.0939. The summed E-state index contributed by atoms with van der Waals surface area (Å²) in [7, 11) is 1.54. The first-order chi connectivity index (χ1) is 15.5. The molecule has 8 nitrogen and oxygen atoms in total. The number of hydrogen-bond acceptors (Lipinski definition) is 7. The smallest absolute Gasteiger partial charge is 0.188 e. The van der Waals surface area contributed by atoms with Crippen molar-refractivity contribution in [3.8, 4) is 11.4 Å². The van der Waals surface area contributed by atoms with Crippen LogP contribution in [0.15, 0.2) is 41.7 Å². The second kappa shape index (κ2) is 9.68. The van der Waals surface area contributed by atoms with E-state index in [-0.39, 0.29) is 6.79 Å². The standard InChI is InChI=1S/C21H21Cl2N5O3S/c1-4-32-21-24-10-14-5-7-15(22)19(27(14)21)20(29)18-12(2)28(26-25-18)13-6-8-17(16(23)9-13)31-11-30-3/h5-10,20,29H,4,11H2,1-3H3. The lowest BCUT2D eigenvalue weighted by Crippen LogP contribution is -2.10. The molecule has 0 spiro atoms. The van der Waals surface area contributed by atoms with Crippen LogP contribution in [0.2, 0.25) is 10.0 Å². The average molecular weight is 494 g/mol. The highest BCUT2D eigenvalue weighted by Crippen LogP contribution is 2.34. The molecule has 0 radical (unpaired) electrons. The van der Waals surface area contributed by atoms with E-state index in [2.05, 4.69) is 15.3 Å². The van der Waals surface area contributed by atoms with Crippen LogP contribution in [0.4, 0.5) is 0 Å². The van der Waals surface area contributed by atoms with Gasteiger partial charge in [0.15, 0.2) is 11.9 Å². The Morgan fingerprint density at radius 3 is 2.72 bits per heavy atom. The SMILES string of the molecule is CCSc1ncc2ccc(Cl)c(C(O)c3nnn(-c4ccc(OCOC)c(Cl)c4)c3C)n12. The number of halogens is 2. The van der Waals surface area contributed by atoms with Crippen molar-refractivity contribution in [1.82, 2.24) is 24.4 Å². The van der Waals surface area contributed by atoms with Crippen LogP contribution in [0.3, 0.4) is 0 Å². The van der Waals surface area contributed by atoms with Gasteiger partial charge in [-0.1, -0.05) is 47.1 Å².